The maximum Gasteiger partial charge on any atom is 0.118 e. The van der Waals surface area contributed by atoms with E-state index in [1.54, 1.807) is 7.11 Å². The number of thioether (sulfide) groups is 1. The van der Waals surface area contributed by atoms with Gasteiger partial charge < -0.3 is 9.47 Å². The minimum atomic E-state index is 0.505. The molecular weight excluding hydrogens is 184 g/mol. The molecule has 1 atom stereocenters. The Bertz CT molecular complexity index is 265. The first-order chi connectivity index (χ1) is 6.40. The van der Waals surface area contributed by atoms with Crippen LogP contribution in [0.4, 0.5) is 0 Å². The van der Waals surface area contributed by atoms with Crippen LogP contribution in [0.1, 0.15) is 10.8 Å². The van der Waals surface area contributed by atoms with Crippen LogP contribution >= 0.6 is 11.8 Å². The van der Waals surface area contributed by atoms with E-state index in [4.69, 9.17) is 9.47 Å². The molecule has 3 heteroatoms. The standard InChI is InChI=1S/C10H12O2S/c1-11-9-4-2-8(3-5-9)10-6-12-7-13-10/h2-5,10H,6-7H2,1H3. The van der Waals surface area contributed by atoms with Crippen molar-refractivity contribution in [3.05, 3.63) is 29.8 Å². The maximum absolute atomic E-state index is 5.30. The highest BCUT2D eigenvalue weighted by atomic mass is 32.2. The Morgan fingerprint density at radius 1 is 1.38 bits per heavy atom. The molecule has 1 aliphatic rings. The first-order valence-corrected chi connectivity index (χ1v) is 5.28. The molecular formula is C10H12O2S. The van der Waals surface area contributed by atoms with Crippen LogP contribution in [0.5, 0.6) is 5.75 Å². The van der Waals surface area contributed by atoms with Gasteiger partial charge in [0.25, 0.3) is 0 Å². The van der Waals surface area contributed by atoms with E-state index >= 15 is 0 Å². The van der Waals surface area contributed by atoms with Gasteiger partial charge in [0.2, 0.25) is 0 Å². The summed E-state index contributed by atoms with van der Waals surface area (Å²) in [6.07, 6.45) is 0. The fourth-order valence-corrected chi connectivity index (χ4v) is 2.24. The van der Waals surface area contributed by atoms with E-state index in [2.05, 4.69) is 12.1 Å². The maximum atomic E-state index is 5.30. The van der Waals surface area contributed by atoms with Crippen LogP contribution in [0.3, 0.4) is 0 Å². The largest absolute Gasteiger partial charge is 0.497 e. The summed E-state index contributed by atoms with van der Waals surface area (Å²) in [6, 6.07) is 8.19. The van der Waals surface area contributed by atoms with Crippen molar-refractivity contribution in [1.29, 1.82) is 0 Å². The third-order valence-corrected chi connectivity index (χ3v) is 3.22. The van der Waals surface area contributed by atoms with Crippen molar-refractivity contribution < 1.29 is 9.47 Å². The zero-order valence-corrected chi connectivity index (χ0v) is 8.34. The number of ether oxygens (including phenoxy) is 2. The summed E-state index contributed by atoms with van der Waals surface area (Å²) in [7, 11) is 1.68. The van der Waals surface area contributed by atoms with Gasteiger partial charge in [-0.2, -0.15) is 0 Å². The van der Waals surface area contributed by atoms with Crippen molar-refractivity contribution >= 4 is 11.8 Å². The number of rotatable bonds is 2. The summed E-state index contributed by atoms with van der Waals surface area (Å²) in [5.41, 5.74) is 1.32. The molecule has 70 valence electrons. The van der Waals surface area contributed by atoms with Crippen LogP contribution in [0.15, 0.2) is 24.3 Å². The number of benzene rings is 1. The Balaban J connectivity index is 2.12. The van der Waals surface area contributed by atoms with Gasteiger partial charge in [-0.25, -0.2) is 0 Å². The quantitative estimate of drug-likeness (QED) is 0.724. The molecule has 1 saturated heterocycles. The van der Waals surface area contributed by atoms with Gasteiger partial charge in [-0.15, -0.1) is 11.8 Å². The third kappa shape index (κ3) is 1.98. The molecule has 0 aromatic heterocycles. The second-order valence-electron chi connectivity index (χ2n) is 2.92. The lowest BCUT2D eigenvalue weighted by atomic mass is 10.1. The van der Waals surface area contributed by atoms with Crippen molar-refractivity contribution in [2.24, 2.45) is 0 Å². The Morgan fingerprint density at radius 3 is 2.69 bits per heavy atom. The van der Waals surface area contributed by atoms with E-state index in [0.717, 1.165) is 18.3 Å². The lowest BCUT2D eigenvalue weighted by molar-refractivity contribution is 0.203. The number of hydrogen-bond donors (Lipinski definition) is 0. The average Bonchev–Trinajstić information content (AvgIpc) is 2.71. The van der Waals surface area contributed by atoms with Gasteiger partial charge in [0.1, 0.15) is 5.75 Å². The summed E-state index contributed by atoms with van der Waals surface area (Å²) in [5, 5.41) is 0.505. The lowest BCUT2D eigenvalue weighted by Crippen LogP contribution is -1.94. The minimum Gasteiger partial charge on any atom is -0.497 e. The highest BCUT2D eigenvalue weighted by molar-refractivity contribution is 7.99. The number of hydrogen-bond acceptors (Lipinski definition) is 3. The molecule has 0 amide bonds. The first kappa shape index (κ1) is 8.91. The van der Waals surface area contributed by atoms with Crippen molar-refractivity contribution in [1.82, 2.24) is 0 Å². The fourth-order valence-electron chi connectivity index (χ4n) is 1.34. The van der Waals surface area contributed by atoms with E-state index in [0.29, 0.717) is 5.25 Å². The van der Waals surface area contributed by atoms with Gasteiger partial charge in [-0.3, -0.25) is 0 Å². The Kier molecular flexibility index (Phi) is 2.76. The van der Waals surface area contributed by atoms with Crippen LogP contribution in [-0.4, -0.2) is 19.7 Å². The summed E-state index contributed by atoms with van der Waals surface area (Å²) in [5.74, 6) is 1.73. The summed E-state index contributed by atoms with van der Waals surface area (Å²) in [6.45, 7) is 0.830. The SMILES string of the molecule is COc1ccc(C2COCS2)cc1. The van der Waals surface area contributed by atoms with Gasteiger partial charge >= 0.3 is 0 Å². The van der Waals surface area contributed by atoms with Crippen molar-refractivity contribution in [3.8, 4) is 5.75 Å². The van der Waals surface area contributed by atoms with Crippen molar-refractivity contribution in [2.45, 2.75) is 5.25 Å². The Labute approximate surface area is 82.2 Å². The van der Waals surface area contributed by atoms with Crippen LogP contribution < -0.4 is 4.74 Å². The molecule has 0 aliphatic carbocycles. The summed E-state index contributed by atoms with van der Waals surface area (Å²) in [4.78, 5) is 0. The summed E-state index contributed by atoms with van der Waals surface area (Å²) >= 11 is 1.85. The van der Waals surface area contributed by atoms with Crippen molar-refractivity contribution in [2.75, 3.05) is 19.7 Å². The highest BCUT2D eigenvalue weighted by Crippen LogP contribution is 2.34. The molecule has 2 nitrogen and oxygen atoms in total. The zero-order chi connectivity index (χ0) is 9.10. The van der Waals surface area contributed by atoms with E-state index in [9.17, 15) is 0 Å². The minimum absolute atomic E-state index is 0.505. The molecule has 0 saturated carbocycles. The molecule has 0 spiro atoms. The Hall–Kier alpha value is -0.670. The molecule has 0 N–H and O–H groups in total. The normalized spacial score (nSPS) is 21.8. The van der Waals surface area contributed by atoms with Crippen LogP contribution in [0, 0.1) is 0 Å². The monoisotopic (exact) mass is 196 g/mol. The first-order valence-electron chi connectivity index (χ1n) is 4.23. The predicted octanol–water partition coefficient (Wildman–Crippen LogP) is 2.46. The zero-order valence-electron chi connectivity index (χ0n) is 7.53. The topological polar surface area (TPSA) is 18.5 Å². The third-order valence-electron chi connectivity index (χ3n) is 2.11. The van der Waals surface area contributed by atoms with Gasteiger partial charge in [-0.05, 0) is 17.7 Å². The molecule has 1 unspecified atom stereocenters. The molecule has 1 fully saturated rings. The molecule has 0 radical (unpaired) electrons. The van der Waals surface area contributed by atoms with Gasteiger partial charge in [0, 0.05) is 0 Å². The van der Waals surface area contributed by atoms with E-state index in [1.165, 1.54) is 5.56 Å². The molecule has 2 rings (SSSR count). The number of methoxy groups -OCH3 is 1. The molecule has 1 aliphatic heterocycles. The van der Waals surface area contributed by atoms with Gasteiger partial charge in [0.05, 0.1) is 24.9 Å². The Morgan fingerprint density at radius 2 is 2.15 bits per heavy atom. The highest BCUT2D eigenvalue weighted by Gasteiger charge is 2.17. The molecule has 1 aromatic carbocycles. The fraction of sp³-hybridized carbons (Fsp3) is 0.400. The van der Waals surface area contributed by atoms with Crippen LogP contribution in [-0.2, 0) is 4.74 Å². The van der Waals surface area contributed by atoms with Crippen LogP contribution in [0.2, 0.25) is 0 Å². The molecule has 1 heterocycles. The lowest BCUT2D eigenvalue weighted by Gasteiger charge is -2.07. The van der Waals surface area contributed by atoms with Crippen LogP contribution in [0.25, 0.3) is 0 Å². The van der Waals surface area contributed by atoms with Gasteiger partial charge in [-0.1, -0.05) is 12.1 Å². The van der Waals surface area contributed by atoms with E-state index in [-0.39, 0.29) is 0 Å². The average molecular weight is 196 g/mol. The second kappa shape index (κ2) is 4.03. The molecule has 1 aromatic rings. The van der Waals surface area contributed by atoms with E-state index in [1.807, 2.05) is 23.9 Å². The second-order valence-corrected chi connectivity index (χ2v) is 4.06. The molecule has 0 bridgehead atoms. The van der Waals surface area contributed by atoms with E-state index < -0.39 is 0 Å². The van der Waals surface area contributed by atoms with Gasteiger partial charge in [0.15, 0.2) is 0 Å². The van der Waals surface area contributed by atoms with Crippen molar-refractivity contribution in [3.63, 3.8) is 0 Å². The predicted molar refractivity (Wildman–Crippen MR) is 54.1 cm³/mol. The summed E-state index contributed by atoms with van der Waals surface area (Å²) < 4.78 is 10.4. The molecule has 13 heavy (non-hydrogen) atoms. The smallest absolute Gasteiger partial charge is 0.118 e.